The average molecular weight is 371 g/mol. The van der Waals surface area contributed by atoms with E-state index in [0.717, 1.165) is 4.90 Å². The highest BCUT2D eigenvalue weighted by Gasteiger charge is 2.79. The van der Waals surface area contributed by atoms with Crippen LogP contribution in [0.25, 0.3) is 0 Å². The number of hydrogen-bond acceptors (Lipinski definition) is 6. The fraction of sp³-hybridized carbons (Fsp3) is 0.800. The van der Waals surface area contributed by atoms with Gasteiger partial charge in [-0.2, -0.15) is 0 Å². The number of alkyl halides is 1. The predicted octanol–water partition coefficient (Wildman–Crippen LogP) is -1.12. The van der Waals surface area contributed by atoms with Gasteiger partial charge in [0.1, 0.15) is 17.0 Å². The molecule has 2 aliphatic rings. The lowest BCUT2D eigenvalue weighted by molar-refractivity contribution is -0.165. The second kappa shape index (κ2) is 4.15. The third-order valence-electron chi connectivity index (χ3n) is 4.04. The van der Waals surface area contributed by atoms with Crippen molar-refractivity contribution >= 4 is 37.6 Å². The normalized spacial score (nSPS) is 39.0. The van der Waals surface area contributed by atoms with Gasteiger partial charge in [0.2, 0.25) is 5.91 Å². The molecule has 2 rings (SSSR count). The second-order valence-electron chi connectivity index (χ2n) is 5.38. The van der Waals surface area contributed by atoms with Crippen molar-refractivity contribution in [2.45, 2.75) is 40.6 Å². The van der Waals surface area contributed by atoms with Crippen LogP contribution in [0.1, 0.15) is 13.8 Å². The molecule has 0 bridgehead atoms. The molecule has 8 nitrogen and oxygen atoms in total. The number of nitrogens with two attached hydrogens (primary N) is 1. The fourth-order valence-electron chi connectivity index (χ4n) is 2.80. The van der Waals surface area contributed by atoms with Crippen molar-refractivity contribution in [3.8, 4) is 0 Å². The Morgan fingerprint density at radius 2 is 2.05 bits per heavy atom. The summed E-state index contributed by atoms with van der Waals surface area (Å²) >= 11 is 3.06. The lowest BCUT2D eigenvalue weighted by Gasteiger charge is -2.50. The molecule has 1 unspecified atom stereocenters. The number of carbonyl (C=O) groups excluding carboxylic acids is 1. The third-order valence-corrected chi connectivity index (χ3v) is 8.44. The van der Waals surface area contributed by atoms with Crippen molar-refractivity contribution < 1.29 is 27.9 Å². The molecule has 0 aliphatic carbocycles. The van der Waals surface area contributed by atoms with Gasteiger partial charge in [0.25, 0.3) is 0 Å². The largest absolute Gasteiger partial charge is 0.480 e. The molecule has 2 heterocycles. The zero-order chi connectivity index (χ0) is 15.7. The maximum Gasteiger partial charge on any atom is 0.328 e. The van der Waals surface area contributed by atoms with Crippen LogP contribution in [0.4, 0.5) is 0 Å². The summed E-state index contributed by atoms with van der Waals surface area (Å²) in [4.78, 5) is 24.5. The number of rotatable bonds is 3. The predicted molar refractivity (Wildman–Crippen MR) is 71.7 cm³/mol. The van der Waals surface area contributed by atoms with Crippen LogP contribution in [0.5, 0.6) is 0 Å². The van der Waals surface area contributed by atoms with Gasteiger partial charge in [-0.1, -0.05) is 15.9 Å². The van der Waals surface area contributed by atoms with Crippen LogP contribution in [0.3, 0.4) is 0 Å². The molecule has 0 aromatic carbocycles. The van der Waals surface area contributed by atoms with E-state index in [4.69, 9.17) is 10.5 Å². The number of amides is 1. The quantitative estimate of drug-likeness (QED) is 0.365. The van der Waals surface area contributed by atoms with Gasteiger partial charge >= 0.3 is 5.97 Å². The lowest BCUT2D eigenvalue weighted by Crippen LogP contribution is -2.77. The van der Waals surface area contributed by atoms with Gasteiger partial charge in [-0.25, -0.2) is 13.2 Å². The summed E-state index contributed by atoms with van der Waals surface area (Å²) in [6, 6.07) is -1.44. The van der Waals surface area contributed by atoms with E-state index < -0.39 is 48.4 Å². The molecule has 4 atom stereocenters. The number of methoxy groups -OCH3 is 1. The van der Waals surface area contributed by atoms with Crippen LogP contribution < -0.4 is 5.73 Å². The Morgan fingerprint density at radius 3 is 2.45 bits per heavy atom. The van der Waals surface area contributed by atoms with Gasteiger partial charge in [0, 0.05) is 7.11 Å². The highest BCUT2D eigenvalue weighted by molar-refractivity contribution is 9.10. The molecule has 2 aliphatic heterocycles. The van der Waals surface area contributed by atoms with Crippen LogP contribution in [-0.2, 0) is 24.2 Å². The van der Waals surface area contributed by atoms with Crippen LogP contribution in [-0.4, -0.2) is 64.1 Å². The Hall–Kier alpha value is -0.710. The van der Waals surface area contributed by atoms with Gasteiger partial charge in [0.05, 0.1) is 0 Å². The van der Waals surface area contributed by atoms with Crippen LogP contribution in [0, 0.1) is 0 Å². The summed E-state index contributed by atoms with van der Waals surface area (Å²) in [5.74, 6) is -2.06. The van der Waals surface area contributed by atoms with Crippen LogP contribution >= 0.6 is 15.9 Å². The number of β-lactam (4-membered cyclic amide) rings is 1. The van der Waals surface area contributed by atoms with Gasteiger partial charge in [-0.3, -0.25) is 4.79 Å². The van der Waals surface area contributed by atoms with E-state index in [2.05, 4.69) is 15.9 Å². The van der Waals surface area contributed by atoms with E-state index in [9.17, 15) is 23.1 Å². The van der Waals surface area contributed by atoms with Crippen LogP contribution in [0.15, 0.2) is 0 Å². The minimum atomic E-state index is -3.94. The van der Waals surface area contributed by atoms with Gasteiger partial charge in [-0.15, -0.1) is 0 Å². The van der Waals surface area contributed by atoms with Crippen molar-refractivity contribution in [3.05, 3.63) is 0 Å². The molecule has 114 valence electrons. The van der Waals surface area contributed by atoms with Gasteiger partial charge in [-0.05, 0) is 13.8 Å². The SMILES string of the molecule is COC(N)[C@@]1(Br)C(=O)N2[C@@H](C(=O)O)C(C)(C)S(=O)(=O)[C@@H]21. The Bertz CT molecular complexity index is 591. The van der Waals surface area contributed by atoms with Crippen molar-refractivity contribution in [2.24, 2.45) is 5.73 Å². The van der Waals surface area contributed by atoms with Crippen molar-refractivity contribution in [1.82, 2.24) is 4.90 Å². The molecular formula is C10H15BrN2O6S. The van der Waals surface area contributed by atoms with E-state index in [0.29, 0.717) is 0 Å². The molecule has 0 spiro atoms. The zero-order valence-corrected chi connectivity index (χ0v) is 13.4. The molecule has 2 fully saturated rings. The average Bonchev–Trinajstić information content (AvgIpc) is 2.49. The summed E-state index contributed by atoms with van der Waals surface area (Å²) in [5.41, 5.74) is 5.66. The number of carboxylic acids is 1. The van der Waals surface area contributed by atoms with Gasteiger partial charge in [0.15, 0.2) is 19.5 Å². The molecule has 0 radical (unpaired) electrons. The highest BCUT2D eigenvalue weighted by Crippen LogP contribution is 2.54. The monoisotopic (exact) mass is 370 g/mol. The highest BCUT2D eigenvalue weighted by atomic mass is 79.9. The molecule has 3 N–H and O–H groups in total. The number of carboxylic acid groups (broad SMARTS) is 1. The van der Waals surface area contributed by atoms with Gasteiger partial charge < -0.3 is 20.5 Å². The summed E-state index contributed by atoms with van der Waals surface area (Å²) in [7, 11) is -2.70. The zero-order valence-electron chi connectivity index (χ0n) is 11.0. The first-order chi connectivity index (χ1) is 8.95. The van der Waals surface area contributed by atoms with E-state index >= 15 is 0 Å². The van der Waals surface area contributed by atoms with E-state index in [-0.39, 0.29) is 0 Å². The number of sulfone groups is 1. The molecule has 20 heavy (non-hydrogen) atoms. The standard InChI is InChI=1S/C10H15BrN2O6S/c1-9(2)4(5(14)15)13-7(16)10(11,6(12)19-3)8(13)20(9,17)18/h4,6,8H,12H2,1-3H3,(H,14,15)/t4-,6?,8+,10+/m0/s1. The van der Waals surface area contributed by atoms with Crippen molar-refractivity contribution in [1.29, 1.82) is 0 Å². The maximum atomic E-state index is 12.6. The lowest BCUT2D eigenvalue weighted by atomic mass is 9.90. The third kappa shape index (κ3) is 1.45. The Morgan fingerprint density at radius 1 is 1.55 bits per heavy atom. The molecule has 0 aromatic rings. The molecule has 2 saturated heterocycles. The number of aliphatic carboxylic acids is 1. The Kier molecular flexibility index (Phi) is 3.25. The minimum Gasteiger partial charge on any atom is -0.480 e. The molecule has 0 saturated carbocycles. The first-order valence-electron chi connectivity index (χ1n) is 5.72. The summed E-state index contributed by atoms with van der Waals surface area (Å²) in [5, 5.41) is 7.90. The molecular weight excluding hydrogens is 356 g/mol. The summed E-state index contributed by atoms with van der Waals surface area (Å²) in [6.45, 7) is 2.58. The van der Waals surface area contributed by atoms with Crippen LogP contribution in [0.2, 0.25) is 0 Å². The minimum absolute atomic E-state index is 0.696. The summed E-state index contributed by atoms with van der Waals surface area (Å²) in [6.07, 6.45) is -1.20. The van der Waals surface area contributed by atoms with Crippen molar-refractivity contribution in [3.63, 3.8) is 0 Å². The maximum absolute atomic E-state index is 12.6. The smallest absolute Gasteiger partial charge is 0.328 e. The van der Waals surface area contributed by atoms with Crippen molar-refractivity contribution in [2.75, 3.05) is 7.11 Å². The number of ether oxygens (including phenoxy) is 1. The second-order valence-corrected chi connectivity index (χ2v) is 9.28. The number of halogens is 1. The number of hydrogen-bond donors (Lipinski definition) is 2. The van der Waals surface area contributed by atoms with E-state index in [1.807, 2.05) is 0 Å². The van der Waals surface area contributed by atoms with E-state index in [1.165, 1.54) is 21.0 Å². The number of carbonyl (C=O) groups is 2. The first-order valence-corrected chi connectivity index (χ1v) is 8.06. The Balaban J connectivity index is 2.62. The number of fused-ring (bicyclic) bond motifs is 1. The fourth-order valence-corrected chi connectivity index (χ4v) is 6.46. The number of nitrogens with zero attached hydrogens (tertiary/aromatic N) is 1. The Labute approximate surface area is 124 Å². The summed E-state index contributed by atoms with van der Waals surface area (Å²) < 4.78 is 26.8. The molecule has 0 aromatic heterocycles. The topological polar surface area (TPSA) is 127 Å². The first kappa shape index (κ1) is 15.7. The van der Waals surface area contributed by atoms with E-state index in [1.54, 1.807) is 0 Å². The molecule has 1 amide bonds. The molecule has 10 heteroatoms.